The van der Waals surface area contributed by atoms with Crippen molar-refractivity contribution in [2.24, 2.45) is 0 Å². The molecule has 0 aromatic rings. The van der Waals surface area contributed by atoms with E-state index in [1.54, 1.807) is 0 Å². The average Bonchev–Trinajstić information content (AvgIpc) is 2.16. The first-order chi connectivity index (χ1) is 7.35. The molecule has 0 aromatic carbocycles. The topological polar surface area (TPSA) is 24.5 Å². The molecule has 0 amide bonds. The van der Waals surface area contributed by atoms with Gasteiger partial charge in [0.15, 0.2) is 0 Å². The highest BCUT2D eigenvalue weighted by Crippen LogP contribution is 2.23. The maximum atomic E-state index is 5.59. The standard InChI is InChI=1S/C13H28N2O/c1-12(2,3)14-8-10-15-9-6-7-13(4,11-15)16-5/h14H,6-11H2,1-5H3. The first-order valence-electron chi connectivity index (χ1n) is 6.37. The molecule has 96 valence electrons. The molecule has 0 aliphatic carbocycles. The zero-order chi connectivity index (χ0) is 12.2. The van der Waals surface area contributed by atoms with E-state index in [0.717, 1.165) is 19.6 Å². The number of methoxy groups -OCH3 is 1. The maximum Gasteiger partial charge on any atom is 0.0777 e. The van der Waals surface area contributed by atoms with Crippen LogP contribution in [0.5, 0.6) is 0 Å². The van der Waals surface area contributed by atoms with Crippen LogP contribution in [0.4, 0.5) is 0 Å². The van der Waals surface area contributed by atoms with Crippen molar-refractivity contribution in [2.45, 2.75) is 51.7 Å². The van der Waals surface area contributed by atoms with Gasteiger partial charge in [-0.2, -0.15) is 0 Å². The normalized spacial score (nSPS) is 28.3. The fraction of sp³-hybridized carbons (Fsp3) is 1.00. The molecule has 1 atom stereocenters. The molecule has 0 saturated carbocycles. The monoisotopic (exact) mass is 228 g/mol. The Hall–Kier alpha value is -0.120. The van der Waals surface area contributed by atoms with Crippen molar-refractivity contribution in [1.82, 2.24) is 10.2 Å². The Labute approximate surface area is 101 Å². The first-order valence-corrected chi connectivity index (χ1v) is 6.37. The van der Waals surface area contributed by atoms with Crippen LogP contribution in [-0.4, -0.2) is 49.3 Å². The minimum Gasteiger partial charge on any atom is -0.377 e. The number of nitrogens with zero attached hydrogens (tertiary/aromatic N) is 1. The van der Waals surface area contributed by atoms with E-state index in [-0.39, 0.29) is 11.1 Å². The highest BCUT2D eigenvalue weighted by molar-refractivity contribution is 4.85. The largest absolute Gasteiger partial charge is 0.377 e. The molecule has 0 aromatic heterocycles. The number of hydrogen-bond donors (Lipinski definition) is 1. The van der Waals surface area contributed by atoms with Crippen molar-refractivity contribution in [3.05, 3.63) is 0 Å². The molecule has 0 spiro atoms. The van der Waals surface area contributed by atoms with E-state index in [4.69, 9.17) is 4.74 Å². The molecule has 1 aliphatic rings. The Morgan fingerprint density at radius 3 is 2.62 bits per heavy atom. The molecular weight excluding hydrogens is 200 g/mol. The van der Waals surface area contributed by atoms with E-state index >= 15 is 0 Å². The summed E-state index contributed by atoms with van der Waals surface area (Å²) in [6, 6.07) is 0. The van der Waals surface area contributed by atoms with Crippen molar-refractivity contribution in [2.75, 3.05) is 33.3 Å². The molecule has 3 nitrogen and oxygen atoms in total. The van der Waals surface area contributed by atoms with Crippen LogP contribution in [0.1, 0.15) is 40.5 Å². The second-order valence-corrected chi connectivity index (χ2v) is 6.21. The zero-order valence-corrected chi connectivity index (χ0v) is 11.6. The molecule has 1 fully saturated rings. The maximum absolute atomic E-state index is 5.59. The molecule has 1 rings (SSSR count). The molecule has 1 heterocycles. The number of nitrogens with one attached hydrogen (secondary N) is 1. The first kappa shape index (κ1) is 13.9. The molecule has 0 radical (unpaired) electrons. The van der Waals surface area contributed by atoms with Crippen molar-refractivity contribution < 1.29 is 4.74 Å². The number of hydrogen-bond acceptors (Lipinski definition) is 3. The highest BCUT2D eigenvalue weighted by atomic mass is 16.5. The van der Waals surface area contributed by atoms with Crippen LogP contribution in [0, 0.1) is 0 Å². The van der Waals surface area contributed by atoms with Gasteiger partial charge >= 0.3 is 0 Å². The minimum absolute atomic E-state index is 0.0694. The lowest BCUT2D eigenvalue weighted by Crippen LogP contribution is -2.50. The van der Waals surface area contributed by atoms with Crippen molar-refractivity contribution >= 4 is 0 Å². The molecule has 1 N–H and O–H groups in total. The Kier molecular flexibility index (Phi) is 4.77. The fourth-order valence-corrected chi connectivity index (χ4v) is 2.25. The summed E-state index contributed by atoms with van der Waals surface area (Å²) in [5.74, 6) is 0. The summed E-state index contributed by atoms with van der Waals surface area (Å²) in [5, 5.41) is 3.53. The van der Waals surface area contributed by atoms with Gasteiger partial charge < -0.3 is 10.1 Å². The molecule has 0 bridgehead atoms. The molecule has 1 aliphatic heterocycles. The Morgan fingerprint density at radius 1 is 1.38 bits per heavy atom. The quantitative estimate of drug-likeness (QED) is 0.795. The highest BCUT2D eigenvalue weighted by Gasteiger charge is 2.30. The van der Waals surface area contributed by atoms with E-state index in [9.17, 15) is 0 Å². The van der Waals surface area contributed by atoms with Gasteiger partial charge in [-0.25, -0.2) is 0 Å². The van der Waals surface area contributed by atoms with E-state index in [1.807, 2.05) is 7.11 Å². The second kappa shape index (κ2) is 5.48. The summed E-state index contributed by atoms with van der Waals surface area (Å²) in [4.78, 5) is 2.51. The lowest BCUT2D eigenvalue weighted by atomic mass is 9.95. The van der Waals surface area contributed by atoms with Gasteiger partial charge in [-0.1, -0.05) is 0 Å². The third kappa shape index (κ3) is 4.81. The number of piperidine rings is 1. The predicted octanol–water partition coefficient (Wildman–Crippen LogP) is 1.88. The third-order valence-corrected chi connectivity index (χ3v) is 3.31. The van der Waals surface area contributed by atoms with Crippen LogP contribution >= 0.6 is 0 Å². The molecule has 1 saturated heterocycles. The average molecular weight is 228 g/mol. The Balaban J connectivity index is 2.27. The van der Waals surface area contributed by atoms with Gasteiger partial charge in [0.25, 0.3) is 0 Å². The van der Waals surface area contributed by atoms with E-state index in [0.29, 0.717) is 0 Å². The van der Waals surface area contributed by atoms with Crippen molar-refractivity contribution in [1.29, 1.82) is 0 Å². The van der Waals surface area contributed by atoms with Gasteiger partial charge in [-0.05, 0) is 47.1 Å². The smallest absolute Gasteiger partial charge is 0.0777 e. The Bertz CT molecular complexity index is 212. The second-order valence-electron chi connectivity index (χ2n) is 6.21. The summed E-state index contributed by atoms with van der Waals surface area (Å²) in [6.45, 7) is 13.3. The van der Waals surface area contributed by atoms with Crippen LogP contribution in [0.15, 0.2) is 0 Å². The predicted molar refractivity (Wildman–Crippen MR) is 68.8 cm³/mol. The lowest BCUT2D eigenvalue weighted by molar-refractivity contribution is -0.0504. The summed E-state index contributed by atoms with van der Waals surface area (Å²) in [7, 11) is 1.83. The van der Waals surface area contributed by atoms with Crippen LogP contribution in [-0.2, 0) is 4.74 Å². The van der Waals surface area contributed by atoms with Gasteiger partial charge in [-0.3, -0.25) is 4.90 Å². The minimum atomic E-state index is 0.0694. The van der Waals surface area contributed by atoms with Crippen LogP contribution in [0.25, 0.3) is 0 Å². The van der Waals surface area contributed by atoms with Crippen molar-refractivity contribution in [3.63, 3.8) is 0 Å². The summed E-state index contributed by atoms with van der Waals surface area (Å²) in [6.07, 6.45) is 2.44. The number of rotatable bonds is 4. The summed E-state index contributed by atoms with van der Waals surface area (Å²) >= 11 is 0. The lowest BCUT2D eigenvalue weighted by Gasteiger charge is -2.39. The zero-order valence-electron chi connectivity index (χ0n) is 11.6. The van der Waals surface area contributed by atoms with E-state index in [2.05, 4.69) is 37.9 Å². The number of likely N-dealkylation sites (tertiary alicyclic amines) is 1. The summed E-state index contributed by atoms with van der Waals surface area (Å²) in [5.41, 5.74) is 0.292. The van der Waals surface area contributed by atoms with Gasteiger partial charge in [0.05, 0.1) is 5.60 Å². The van der Waals surface area contributed by atoms with E-state index < -0.39 is 0 Å². The third-order valence-electron chi connectivity index (χ3n) is 3.31. The molecule has 16 heavy (non-hydrogen) atoms. The number of ether oxygens (including phenoxy) is 1. The van der Waals surface area contributed by atoms with Gasteiger partial charge in [0, 0.05) is 32.3 Å². The fourth-order valence-electron chi connectivity index (χ4n) is 2.25. The van der Waals surface area contributed by atoms with Crippen LogP contribution < -0.4 is 5.32 Å². The SMILES string of the molecule is COC1(C)CCCN(CCNC(C)(C)C)C1. The van der Waals surface area contributed by atoms with Gasteiger partial charge in [0.2, 0.25) is 0 Å². The molecule has 3 heteroatoms. The van der Waals surface area contributed by atoms with Crippen molar-refractivity contribution in [3.8, 4) is 0 Å². The van der Waals surface area contributed by atoms with Crippen LogP contribution in [0.2, 0.25) is 0 Å². The van der Waals surface area contributed by atoms with Gasteiger partial charge in [-0.15, -0.1) is 0 Å². The summed E-state index contributed by atoms with van der Waals surface area (Å²) < 4.78 is 5.59. The van der Waals surface area contributed by atoms with Gasteiger partial charge in [0.1, 0.15) is 0 Å². The van der Waals surface area contributed by atoms with Crippen LogP contribution in [0.3, 0.4) is 0 Å². The van der Waals surface area contributed by atoms with E-state index in [1.165, 1.54) is 19.4 Å². The molecule has 1 unspecified atom stereocenters. The Morgan fingerprint density at radius 2 is 2.06 bits per heavy atom. The molecular formula is C13H28N2O.